The van der Waals surface area contributed by atoms with Gasteiger partial charge in [0.2, 0.25) is 0 Å². The lowest BCUT2D eigenvalue weighted by atomic mass is 9.47. The van der Waals surface area contributed by atoms with Crippen LogP contribution in [0.4, 0.5) is 0 Å². The van der Waals surface area contributed by atoms with Crippen LogP contribution in [0.1, 0.15) is 71.6 Å². The summed E-state index contributed by atoms with van der Waals surface area (Å²) in [6.45, 7) is 5.44. The molecule has 3 nitrogen and oxygen atoms in total. The molecule has 2 saturated heterocycles. The zero-order chi connectivity index (χ0) is 15.0. The lowest BCUT2D eigenvalue weighted by Gasteiger charge is -2.59. The molecule has 6 rings (SSSR count). The molecule has 0 amide bonds. The first-order valence-electron chi connectivity index (χ1n) is 9.42. The number of ether oxygens (including phenoxy) is 1. The molecular weight excluding hydrogens is 276 g/mol. The summed E-state index contributed by atoms with van der Waals surface area (Å²) in [4.78, 5) is 11.7. The van der Waals surface area contributed by atoms with Crippen LogP contribution in [0.5, 0.6) is 0 Å². The summed E-state index contributed by atoms with van der Waals surface area (Å²) in [5.41, 5.74) is 0.579. The van der Waals surface area contributed by atoms with Crippen molar-refractivity contribution >= 4 is 0 Å². The highest BCUT2D eigenvalue weighted by Gasteiger charge is 2.57. The molecule has 0 aromatic carbocycles. The van der Waals surface area contributed by atoms with Gasteiger partial charge in [0.1, 0.15) is 5.60 Å². The van der Waals surface area contributed by atoms with E-state index >= 15 is 0 Å². The predicted octanol–water partition coefficient (Wildman–Crippen LogP) is 4.46. The third-order valence-electron chi connectivity index (χ3n) is 7.54. The van der Waals surface area contributed by atoms with Crippen LogP contribution in [0.25, 0.3) is 0 Å². The fourth-order valence-electron chi connectivity index (χ4n) is 7.47. The highest BCUT2D eigenvalue weighted by Crippen LogP contribution is 2.63. The van der Waals surface area contributed by atoms with E-state index in [-0.39, 0.29) is 17.3 Å². The van der Waals surface area contributed by atoms with E-state index in [0.717, 1.165) is 37.2 Å². The minimum Gasteiger partial charge on any atom is -0.349 e. The van der Waals surface area contributed by atoms with Crippen LogP contribution in [0.15, 0.2) is 0 Å². The summed E-state index contributed by atoms with van der Waals surface area (Å²) in [5, 5.41) is 0. The van der Waals surface area contributed by atoms with Gasteiger partial charge < -0.3 is 4.74 Å². The van der Waals surface area contributed by atoms with E-state index in [9.17, 15) is 0 Å². The molecule has 2 heterocycles. The molecule has 3 atom stereocenters. The van der Waals surface area contributed by atoms with Crippen LogP contribution in [-0.4, -0.2) is 18.5 Å². The molecule has 0 unspecified atom stereocenters. The molecule has 2 aliphatic heterocycles. The minimum atomic E-state index is -0.142. The Bertz CT molecular complexity index is 440. The van der Waals surface area contributed by atoms with Gasteiger partial charge in [-0.3, -0.25) is 0 Å². The standard InChI is InChI=1S/C19H30O3/c1-17-3-4-20-16(17)21-22-18(2,11-17)12-19-8-13-5-14(9-19)7-15(6-13)10-19/h13-16H,3-12H2,1-2H3/t13?,14?,15?,16-,17+,18+,19?/m1/s1. The molecule has 0 aromatic heterocycles. The Labute approximate surface area is 134 Å². The van der Waals surface area contributed by atoms with Crippen LogP contribution >= 0.6 is 0 Å². The normalized spacial score (nSPS) is 59.7. The summed E-state index contributed by atoms with van der Waals surface area (Å²) in [7, 11) is 0. The molecule has 6 fully saturated rings. The predicted molar refractivity (Wildman–Crippen MR) is 82.9 cm³/mol. The summed E-state index contributed by atoms with van der Waals surface area (Å²) in [5.74, 6) is 3.03. The van der Waals surface area contributed by atoms with Gasteiger partial charge in [0.05, 0.1) is 6.61 Å². The fraction of sp³-hybridized carbons (Fsp3) is 1.00. The SMILES string of the molecule is C[C@@]1(CC23CC4CC(CC(C4)C2)C3)C[C@]2(C)CCO[C@@H]2OO1. The maximum absolute atomic E-state index is 5.96. The molecule has 4 bridgehead atoms. The molecule has 22 heavy (non-hydrogen) atoms. The molecule has 0 N–H and O–H groups in total. The summed E-state index contributed by atoms with van der Waals surface area (Å²) < 4.78 is 5.70. The highest BCUT2D eigenvalue weighted by molar-refractivity contribution is 5.05. The van der Waals surface area contributed by atoms with Crippen LogP contribution in [0.2, 0.25) is 0 Å². The topological polar surface area (TPSA) is 27.7 Å². The quantitative estimate of drug-likeness (QED) is 0.705. The van der Waals surface area contributed by atoms with Gasteiger partial charge in [0.25, 0.3) is 0 Å². The van der Waals surface area contributed by atoms with Crippen molar-refractivity contribution in [2.75, 3.05) is 6.61 Å². The number of rotatable bonds is 2. The molecule has 4 saturated carbocycles. The van der Waals surface area contributed by atoms with E-state index in [0.29, 0.717) is 5.41 Å². The van der Waals surface area contributed by atoms with Crippen LogP contribution < -0.4 is 0 Å². The second-order valence-electron chi connectivity index (χ2n) is 10.0. The summed E-state index contributed by atoms with van der Waals surface area (Å²) in [6, 6.07) is 0. The molecule has 4 aliphatic carbocycles. The van der Waals surface area contributed by atoms with Gasteiger partial charge in [-0.15, -0.1) is 0 Å². The van der Waals surface area contributed by atoms with E-state index in [1.54, 1.807) is 0 Å². The first kappa shape index (κ1) is 14.2. The van der Waals surface area contributed by atoms with Crippen LogP contribution in [0.3, 0.4) is 0 Å². The Morgan fingerprint density at radius 3 is 2.23 bits per heavy atom. The van der Waals surface area contributed by atoms with E-state index in [4.69, 9.17) is 14.5 Å². The molecule has 124 valence electrons. The van der Waals surface area contributed by atoms with Gasteiger partial charge in [-0.1, -0.05) is 6.92 Å². The maximum Gasteiger partial charge on any atom is 0.196 e. The third-order valence-corrected chi connectivity index (χ3v) is 7.54. The maximum atomic E-state index is 5.96. The van der Waals surface area contributed by atoms with Crippen molar-refractivity contribution in [1.82, 2.24) is 0 Å². The lowest BCUT2D eigenvalue weighted by Crippen LogP contribution is -2.53. The molecular formula is C19H30O3. The first-order valence-corrected chi connectivity index (χ1v) is 9.42. The van der Waals surface area contributed by atoms with Gasteiger partial charge in [0, 0.05) is 5.41 Å². The van der Waals surface area contributed by atoms with Crippen molar-refractivity contribution in [2.45, 2.75) is 83.5 Å². The Kier molecular flexibility index (Phi) is 2.91. The zero-order valence-corrected chi connectivity index (χ0v) is 14.1. The highest BCUT2D eigenvalue weighted by atomic mass is 17.2. The van der Waals surface area contributed by atoms with Crippen molar-refractivity contribution in [3.05, 3.63) is 0 Å². The average Bonchev–Trinajstić information content (AvgIpc) is 2.75. The van der Waals surface area contributed by atoms with E-state index < -0.39 is 0 Å². The Balaban J connectivity index is 1.37. The number of hydrogen-bond acceptors (Lipinski definition) is 3. The van der Waals surface area contributed by atoms with Gasteiger partial charge in [-0.25, -0.2) is 9.78 Å². The largest absolute Gasteiger partial charge is 0.349 e. The second kappa shape index (κ2) is 4.49. The van der Waals surface area contributed by atoms with Crippen LogP contribution in [-0.2, 0) is 14.5 Å². The van der Waals surface area contributed by atoms with E-state index in [1.807, 2.05) is 0 Å². The van der Waals surface area contributed by atoms with Crippen LogP contribution in [0, 0.1) is 28.6 Å². The summed E-state index contributed by atoms with van der Waals surface area (Å²) >= 11 is 0. The van der Waals surface area contributed by atoms with E-state index in [2.05, 4.69) is 13.8 Å². The Morgan fingerprint density at radius 2 is 1.59 bits per heavy atom. The van der Waals surface area contributed by atoms with Crippen molar-refractivity contribution in [2.24, 2.45) is 28.6 Å². The Hall–Kier alpha value is -0.120. The molecule has 0 spiro atoms. The monoisotopic (exact) mass is 306 g/mol. The van der Waals surface area contributed by atoms with Crippen molar-refractivity contribution in [3.8, 4) is 0 Å². The summed E-state index contributed by atoms with van der Waals surface area (Å²) in [6.07, 6.45) is 12.2. The van der Waals surface area contributed by atoms with Crippen molar-refractivity contribution in [3.63, 3.8) is 0 Å². The van der Waals surface area contributed by atoms with Gasteiger partial charge in [-0.05, 0) is 87.9 Å². The zero-order valence-electron chi connectivity index (χ0n) is 14.1. The van der Waals surface area contributed by atoms with Crippen molar-refractivity contribution < 1.29 is 14.5 Å². The third kappa shape index (κ3) is 2.12. The minimum absolute atomic E-state index is 0.120. The number of fused-ring (bicyclic) bond motifs is 1. The van der Waals surface area contributed by atoms with E-state index in [1.165, 1.54) is 44.9 Å². The van der Waals surface area contributed by atoms with Gasteiger partial charge >= 0.3 is 0 Å². The molecule has 3 heteroatoms. The first-order chi connectivity index (χ1) is 10.5. The molecule has 0 aromatic rings. The van der Waals surface area contributed by atoms with Crippen molar-refractivity contribution in [1.29, 1.82) is 0 Å². The number of hydrogen-bond donors (Lipinski definition) is 0. The molecule has 0 radical (unpaired) electrons. The Morgan fingerprint density at radius 1 is 0.955 bits per heavy atom. The average molecular weight is 306 g/mol. The smallest absolute Gasteiger partial charge is 0.196 e. The molecule has 6 aliphatic rings. The lowest BCUT2D eigenvalue weighted by molar-refractivity contribution is -0.466. The van der Waals surface area contributed by atoms with Gasteiger partial charge in [0.15, 0.2) is 6.29 Å². The fourth-order valence-corrected chi connectivity index (χ4v) is 7.47. The second-order valence-corrected chi connectivity index (χ2v) is 10.0. The van der Waals surface area contributed by atoms with Gasteiger partial charge in [-0.2, -0.15) is 0 Å².